The van der Waals surface area contributed by atoms with E-state index in [1.165, 1.54) is 0 Å². The zero-order valence-electron chi connectivity index (χ0n) is 12.3. The Morgan fingerprint density at radius 3 is 2.50 bits per heavy atom. The topological polar surface area (TPSA) is 47.3 Å². The molecule has 0 aliphatic rings. The first-order chi connectivity index (χ1) is 9.47. The quantitative estimate of drug-likeness (QED) is 0.824. The normalized spacial score (nSPS) is 11.6. The third-order valence-corrected chi connectivity index (χ3v) is 3.30. The molecule has 0 unspecified atom stereocenters. The SMILES string of the molecule is Cc1nccn1CCCOc1ccc(C(C)(C)O)cc1. The third-order valence-electron chi connectivity index (χ3n) is 3.30. The minimum Gasteiger partial charge on any atom is -0.494 e. The average molecular weight is 274 g/mol. The largest absolute Gasteiger partial charge is 0.494 e. The molecule has 0 bridgehead atoms. The van der Waals surface area contributed by atoms with Gasteiger partial charge in [0.2, 0.25) is 0 Å². The van der Waals surface area contributed by atoms with Gasteiger partial charge in [-0.3, -0.25) is 0 Å². The van der Waals surface area contributed by atoms with Crippen molar-refractivity contribution in [2.24, 2.45) is 0 Å². The van der Waals surface area contributed by atoms with Gasteiger partial charge in [-0.25, -0.2) is 4.98 Å². The van der Waals surface area contributed by atoms with E-state index in [1.807, 2.05) is 43.6 Å². The number of aromatic nitrogens is 2. The van der Waals surface area contributed by atoms with Crippen molar-refractivity contribution >= 4 is 0 Å². The average Bonchev–Trinajstić information content (AvgIpc) is 2.80. The molecule has 0 saturated heterocycles. The van der Waals surface area contributed by atoms with Crippen molar-refractivity contribution in [3.05, 3.63) is 48.0 Å². The second-order valence-electron chi connectivity index (χ2n) is 5.45. The zero-order chi connectivity index (χ0) is 14.6. The third kappa shape index (κ3) is 3.84. The maximum atomic E-state index is 9.88. The minimum atomic E-state index is -0.808. The standard InChI is InChI=1S/C16H22N2O2/c1-13-17-9-11-18(13)10-4-12-20-15-7-5-14(6-8-15)16(2,3)19/h5-9,11,19H,4,10,12H2,1-3H3. The van der Waals surface area contributed by atoms with Crippen LogP contribution < -0.4 is 4.74 Å². The summed E-state index contributed by atoms with van der Waals surface area (Å²) in [7, 11) is 0. The van der Waals surface area contributed by atoms with Crippen molar-refractivity contribution < 1.29 is 9.84 Å². The van der Waals surface area contributed by atoms with E-state index in [2.05, 4.69) is 9.55 Å². The van der Waals surface area contributed by atoms with Crippen molar-refractivity contribution in [1.82, 2.24) is 9.55 Å². The first-order valence-corrected chi connectivity index (χ1v) is 6.90. The molecular formula is C16H22N2O2. The molecule has 1 N–H and O–H groups in total. The van der Waals surface area contributed by atoms with Gasteiger partial charge in [0.1, 0.15) is 11.6 Å². The van der Waals surface area contributed by atoms with E-state index < -0.39 is 5.60 Å². The van der Waals surface area contributed by atoms with Crippen molar-refractivity contribution in [3.63, 3.8) is 0 Å². The zero-order valence-corrected chi connectivity index (χ0v) is 12.3. The number of imidazole rings is 1. The van der Waals surface area contributed by atoms with Crippen molar-refractivity contribution in [3.8, 4) is 5.75 Å². The lowest BCUT2D eigenvalue weighted by Crippen LogP contribution is -2.15. The van der Waals surface area contributed by atoms with Crippen LogP contribution in [0, 0.1) is 6.92 Å². The Morgan fingerprint density at radius 2 is 1.95 bits per heavy atom. The number of aliphatic hydroxyl groups is 1. The Balaban J connectivity index is 1.78. The van der Waals surface area contributed by atoms with Crippen LogP contribution in [0.5, 0.6) is 5.75 Å². The van der Waals surface area contributed by atoms with Gasteiger partial charge in [-0.15, -0.1) is 0 Å². The summed E-state index contributed by atoms with van der Waals surface area (Å²) >= 11 is 0. The molecule has 0 atom stereocenters. The van der Waals surface area contributed by atoms with Gasteiger partial charge in [0.15, 0.2) is 0 Å². The smallest absolute Gasteiger partial charge is 0.119 e. The van der Waals surface area contributed by atoms with Crippen LogP contribution in [-0.4, -0.2) is 21.3 Å². The predicted octanol–water partition coefficient (Wildman–Crippen LogP) is 2.89. The molecule has 4 nitrogen and oxygen atoms in total. The summed E-state index contributed by atoms with van der Waals surface area (Å²) in [5.74, 6) is 1.86. The number of benzene rings is 1. The number of aryl methyl sites for hydroxylation is 2. The molecule has 0 radical (unpaired) electrons. The van der Waals surface area contributed by atoms with Crippen LogP contribution in [0.2, 0.25) is 0 Å². The molecule has 0 aliphatic carbocycles. The summed E-state index contributed by atoms with van der Waals surface area (Å²) in [4.78, 5) is 4.18. The van der Waals surface area contributed by atoms with Gasteiger partial charge < -0.3 is 14.4 Å². The maximum Gasteiger partial charge on any atom is 0.119 e. The summed E-state index contributed by atoms with van der Waals surface area (Å²) in [5, 5.41) is 9.88. The molecule has 1 aromatic carbocycles. The maximum absolute atomic E-state index is 9.88. The summed E-state index contributed by atoms with van der Waals surface area (Å²) < 4.78 is 7.81. The summed E-state index contributed by atoms with van der Waals surface area (Å²) in [6, 6.07) is 7.59. The van der Waals surface area contributed by atoms with E-state index in [1.54, 1.807) is 13.8 Å². The molecule has 0 spiro atoms. The molecule has 2 aromatic rings. The van der Waals surface area contributed by atoms with Gasteiger partial charge >= 0.3 is 0 Å². The van der Waals surface area contributed by atoms with E-state index in [0.717, 1.165) is 30.1 Å². The summed E-state index contributed by atoms with van der Waals surface area (Å²) in [5.41, 5.74) is 0.0798. The summed E-state index contributed by atoms with van der Waals surface area (Å²) in [6.07, 6.45) is 4.73. The number of ether oxygens (including phenoxy) is 1. The molecule has 0 saturated carbocycles. The van der Waals surface area contributed by atoms with E-state index in [9.17, 15) is 5.11 Å². The molecule has 108 valence electrons. The molecule has 20 heavy (non-hydrogen) atoms. The number of hydrogen-bond donors (Lipinski definition) is 1. The molecule has 4 heteroatoms. The van der Waals surface area contributed by atoms with Crippen molar-refractivity contribution in [1.29, 1.82) is 0 Å². The molecule has 2 rings (SSSR count). The number of rotatable bonds is 6. The van der Waals surface area contributed by atoms with E-state index >= 15 is 0 Å². The minimum absolute atomic E-state index is 0.666. The van der Waals surface area contributed by atoms with Gasteiger partial charge in [0, 0.05) is 18.9 Å². The van der Waals surface area contributed by atoms with Gasteiger partial charge in [0.05, 0.1) is 12.2 Å². The second-order valence-corrected chi connectivity index (χ2v) is 5.45. The fourth-order valence-corrected chi connectivity index (χ4v) is 2.02. The molecule has 0 amide bonds. The van der Waals surface area contributed by atoms with Crippen LogP contribution in [0.3, 0.4) is 0 Å². The van der Waals surface area contributed by atoms with E-state index in [0.29, 0.717) is 6.61 Å². The lowest BCUT2D eigenvalue weighted by atomic mass is 9.99. The van der Waals surface area contributed by atoms with Crippen LogP contribution in [-0.2, 0) is 12.1 Å². The fourth-order valence-electron chi connectivity index (χ4n) is 2.02. The fraction of sp³-hybridized carbons (Fsp3) is 0.438. The van der Waals surface area contributed by atoms with Gasteiger partial charge in [-0.05, 0) is 44.9 Å². The number of nitrogens with zero attached hydrogens (tertiary/aromatic N) is 2. The molecule has 1 aromatic heterocycles. The summed E-state index contributed by atoms with van der Waals surface area (Å²) in [6.45, 7) is 7.12. The lowest BCUT2D eigenvalue weighted by molar-refractivity contribution is 0.0785. The second kappa shape index (κ2) is 6.09. The van der Waals surface area contributed by atoms with Crippen LogP contribution >= 0.6 is 0 Å². The van der Waals surface area contributed by atoms with E-state index in [-0.39, 0.29) is 0 Å². The highest BCUT2D eigenvalue weighted by atomic mass is 16.5. The predicted molar refractivity (Wildman–Crippen MR) is 78.8 cm³/mol. The number of hydrogen-bond acceptors (Lipinski definition) is 3. The van der Waals surface area contributed by atoms with Crippen molar-refractivity contribution in [2.45, 2.75) is 39.3 Å². The highest BCUT2D eigenvalue weighted by Gasteiger charge is 2.15. The monoisotopic (exact) mass is 274 g/mol. The van der Waals surface area contributed by atoms with E-state index in [4.69, 9.17) is 4.74 Å². The van der Waals surface area contributed by atoms with Crippen molar-refractivity contribution in [2.75, 3.05) is 6.61 Å². The Hall–Kier alpha value is -1.81. The molecule has 0 fully saturated rings. The first-order valence-electron chi connectivity index (χ1n) is 6.90. The Bertz CT molecular complexity index is 538. The lowest BCUT2D eigenvalue weighted by Gasteiger charge is -2.18. The van der Waals surface area contributed by atoms with Gasteiger partial charge in [-0.1, -0.05) is 12.1 Å². The Labute approximate surface area is 120 Å². The molecule has 0 aliphatic heterocycles. The van der Waals surface area contributed by atoms with Gasteiger partial charge in [0.25, 0.3) is 0 Å². The first kappa shape index (κ1) is 14.6. The Kier molecular flexibility index (Phi) is 4.45. The van der Waals surface area contributed by atoms with Crippen LogP contribution in [0.25, 0.3) is 0 Å². The Morgan fingerprint density at radius 1 is 1.25 bits per heavy atom. The van der Waals surface area contributed by atoms with Crippen LogP contribution in [0.4, 0.5) is 0 Å². The van der Waals surface area contributed by atoms with Gasteiger partial charge in [-0.2, -0.15) is 0 Å². The van der Waals surface area contributed by atoms with Crippen LogP contribution in [0.1, 0.15) is 31.7 Å². The highest BCUT2D eigenvalue weighted by molar-refractivity contribution is 5.30. The highest BCUT2D eigenvalue weighted by Crippen LogP contribution is 2.22. The van der Waals surface area contributed by atoms with Crippen LogP contribution in [0.15, 0.2) is 36.7 Å². The molecule has 1 heterocycles. The molecular weight excluding hydrogens is 252 g/mol.